The molecule has 3 rings (SSSR count). The standard InChI is InChI=1S/C27H31ClN2O4S/c1-20-10-13-22(18-25(20)28)30(35(32,33)24-8-6-5-7-9-24)19-26(31)29-16-17-34-23-14-11-21(12-15-23)27(2,3)4/h5-15,18H,16-17,19H2,1-4H3,(H,29,31). The molecule has 0 heterocycles. The van der Waals surface area contributed by atoms with E-state index < -0.39 is 22.5 Å². The van der Waals surface area contributed by atoms with Crippen LogP contribution in [0.25, 0.3) is 0 Å². The van der Waals surface area contributed by atoms with Crippen molar-refractivity contribution < 1.29 is 17.9 Å². The van der Waals surface area contributed by atoms with Crippen molar-refractivity contribution in [1.82, 2.24) is 5.32 Å². The molecule has 0 spiro atoms. The lowest BCUT2D eigenvalue weighted by molar-refractivity contribution is -0.119. The fourth-order valence-corrected chi connectivity index (χ4v) is 4.98. The van der Waals surface area contributed by atoms with Gasteiger partial charge in [0.15, 0.2) is 0 Å². The number of halogens is 1. The summed E-state index contributed by atoms with van der Waals surface area (Å²) in [5.41, 5.74) is 2.38. The Morgan fingerprint density at radius 2 is 1.66 bits per heavy atom. The molecule has 3 aromatic carbocycles. The molecule has 8 heteroatoms. The third-order valence-electron chi connectivity index (χ3n) is 5.48. The second-order valence-corrected chi connectivity index (χ2v) is 11.5. The molecule has 0 radical (unpaired) electrons. The number of rotatable bonds is 9. The summed E-state index contributed by atoms with van der Waals surface area (Å²) in [5.74, 6) is 0.253. The monoisotopic (exact) mass is 514 g/mol. The van der Waals surface area contributed by atoms with Crippen molar-refractivity contribution in [2.45, 2.75) is 38.0 Å². The minimum Gasteiger partial charge on any atom is -0.492 e. The highest BCUT2D eigenvalue weighted by atomic mass is 35.5. The molecule has 0 aromatic heterocycles. The molecule has 0 atom stereocenters. The predicted molar refractivity (Wildman–Crippen MR) is 141 cm³/mol. The number of benzene rings is 3. The van der Waals surface area contributed by atoms with Gasteiger partial charge in [-0.3, -0.25) is 9.10 Å². The van der Waals surface area contributed by atoms with Gasteiger partial charge in [0, 0.05) is 5.02 Å². The molecule has 0 fully saturated rings. The molecule has 0 aliphatic heterocycles. The number of amides is 1. The highest BCUT2D eigenvalue weighted by molar-refractivity contribution is 7.92. The molecule has 0 aliphatic carbocycles. The Bertz CT molecular complexity index is 1250. The first kappa shape index (κ1) is 26.6. The summed E-state index contributed by atoms with van der Waals surface area (Å²) in [6, 6.07) is 20.8. The van der Waals surface area contributed by atoms with Crippen LogP contribution in [0.1, 0.15) is 31.9 Å². The van der Waals surface area contributed by atoms with E-state index in [1.165, 1.54) is 17.7 Å². The van der Waals surface area contributed by atoms with Crippen LogP contribution in [-0.2, 0) is 20.2 Å². The predicted octanol–water partition coefficient (Wildman–Crippen LogP) is 5.34. The lowest BCUT2D eigenvalue weighted by Gasteiger charge is -2.24. The van der Waals surface area contributed by atoms with Gasteiger partial charge in [0.05, 0.1) is 17.1 Å². The maximum atomic E-state index is 13.4. The molecule has 35 heavy (non-hydrogen) atoms. The van der Waals surface area contributed by atoms with E-state index in [2.05, 4.69) is 26.1 Å². The van der Waals surface area contributed by atoms with Crippen LogP contribution in [0.5, 0.6) is 5.75 Å². The van der Waals surface area contributed by atoms with Gasteiger partial charge in [0.2, 0.25) is 5.91 Å². The first-order valence-corrected chi connectivity index (χ1v) is 13.1. The number of nitrogens with one attached hydrogen (secondary N) is 1. The maximum absolute atomic E-state index is 13.4. The number of ether oxygens (including phenoxy) is 1. The molecular formula is C27H31ClN2O4S. The number of nitrogens with zero attached hydrogens (tertiary/aromatic N) is 1. The van der Waals surface area contributed by atoms with Crippen LogP contribution in [0.15, 0.2) is 77.7 Å². The molecule has 0 unspecified atom stereocenters. The van der Waals surface area contributed by atoms with Crippen molar-refractivity contribution in [3.63, 3.8) is 0 Å². The minimum absolute atomic E-state index is 0.0557. The van der Waals surface area contributed by atoms with Gasteiger partial charge in [-0.25, -0.2) is 8.42 Å². The van der Waals surface area contributed by atoms with Crippen LogP contribution in [0, 0.1) is 6.92 Å². The lowest BCUT2D eigenvalue weighted by atomic mass is 9.87. The highest BCUT2D eigenvalue weighted by Gasteiger charge is 2.27. The minimum atomic E-state index is -3.99. The fourth-order valence-electron chi connectivity index (χ4n) is 3.37. The average molecular weight is 515 g/mol. The number of hydrogen-bond acceptors (Lipinski definition) is 4. The van der Waals surface area contributed by atoms with E-state index in [1.807, 2.05) is 31.2 Å². The van der Waals surface area contributed by atoms with E-state index in [1.54, 1.807) is 36.4 Å². The Labute approximate surface area is 212 Å². The van der Waals surface area contributed by atoms with Crippen molar-refractivity contribution in [1.29, 1.82) is 0 Å². The number of sulfonamides is 1. The summed E-state index contributed by atoms with van der Waals surface area (Å²) in [6.07, 6.45) is 0. The van der Waals surface area contributed by atoms with Gasteiger partial charge in [-0.05, 0) is 59.9 Å². The highest BCUT2D eigenvalue weighted by Crippen LogP contribution is 2.28. The van der Waals surface area contributed by atoms with E-state index in [9.17, 15) is 13.2 Å². The molecule has 1 N–H and O–H groups in total. The van der Waals surface area contributed by atoms with Crippen molar-refractivity contribution in [2.24, 2.45) is 0 Å². The van der Waals surface area contributed by atoms with Gasteiger partial charge >= 0.3 is 0 Å². The van der Waals surface area contributed by atoms with Gasteiger partial charge in [-0.2, -0.15) is 0 Å². The van der Waals surface area contributed by atoms with Crippen LogP contribution in [0.3, 0.4) is 0 Å². The largest absolute Gasteiger partial charge is 0.492 e. The molecule has 3 aromatic rings. The average Bonchev–Trinajstić information content (AvgIpc) is 2.82. The Hall–Kier alpha value is -3.03. The van der Waals surface area contributed by atoms with E-state index in [0.717, 1.165) is 9.87 Å². The number of anilines is 1. The van der Waals surface area contributed by atoms with E-state index in [-0.39, 0.29) is 23.5 Å². The topological polar surface area (TPSA) is 75.7 Å². The van der Waals surface area contributed by atoms with Crippen molar-refractivity contribution in [2.75, 3.05) is 24.0 Å². The zero-order chi connectivity index (χ0) is 25.6. The van der Waals surface area contributed by atoms with Crippen LogP contribution in [-0.4, -0.2) is 34.0 Å². The Morgan fingerprint density at radius 3 is 2.26 bits per heavy atom. The van der Waals surface area contributed by atoms with E-state index >= 15 is 0 Å². The van der Waals surface area contributed by atoms with Crippen molar-refractivity contribution in [3.8, 4) is 5.75 Å². The van der Waals surface area contributed by atoms with Gasteiger partial charge < -0.3 is 10.1 Å². The van der Waals surface area contributed by atoms with E-state index in [0.29, 0.717) is 16.5 Å². The molecule has 186 valence electrons. The lowest BCUT2D eigenvalue weighted by Crippen LogP contribution is -2.42. The second kappa shape index (κ2) is 11.1. The Balaban J connectivity index is 1.66. The summed E-state index contributed by atoms with van der Waals surface area (Å²) < 4.78 is 33.5. The molecule has 0 aliphatic rings. The van der Waals surface area contributed by atoms with Gasteiger partial charge in [-0.15, -0.1) is 0 Å². The summed E-state index contributed by atoms with van der Waals surface area (Å²) in [4.78, 5) is 12.8. The molecule has 1 amide bonds. The number of carbonyl (C=O) groups is 1. The van der Waals surface area contributed by atoms with Crippen LogP contribution >= 0.6 is 11.6 Å². The first-order valence-electron chi connectivity index (χ1n) is 11.3. The molecule has 0 saturated heterocycles. The summed E-state index contributed by atoms with van der Waals surface area (Å²) >= 11 is 6.25. The normalized spacial score (nSPS) is 11.7. The zero-order valence-corrected chi connectivity index (χ0v) is 22.0. The Morgan fingerprint density at radius 1 is 1.00 bits per heavy atom. The molecular weight excluding hydrogens is 484 g/mol. The third kappa shape index (κ3) is 6.99. The molecule has 6 nitrogen and oxygen atoms in total. The van der Waals surface area contributed by atoms with Crippen molar-refractivity contribution in [3.05, 3.63) is 88.9 Å². The first-order chi connectivity index (χ1) is 16.5. The number of hydrogen-bond donors (Lipinski definition) is 1. The summed E-state index contributed by atoms with van der Waals surface area (Å²) in [5, 5.41) is 3.15. The van der Waals surface area contributed by atoms with Crippen LogP contribution < -0.4 is 14.4 Å². The maximum Gasteiger partial charge on any atom is 0.264 e. The second-order valence-electron chi connectivity index (χ2n) is 9.23. The fraction of sp³-hybridized carbons (Fsp3) is 0.296. The SMILES string of the molecule is Cc1ccc(N(CC(=O)NCCOc2ccc(C(C)(C)C)cc2)S(=O)(=O)c2ccccc2)cc1Cl. The van der Waals surface area contributed by atoms with E-state index in [4.69, 9.17) is 16.3 Å². The number of aryl methyl sites for hydroxylation is 1. The Kier molecular flexibility index (Phi) is 8.46. The molecule has 0 bridgehead atoms. The smallest absolute Gasteiger partial charge is 0.264 e. The zero-order valence-electron chi connectivity index (χ0n) is 20.4. The third-order valence-corrected chi connectivity index (χ3v) is 7.67. The number of carbonyl (C=O) groups excluding carboxylic acids is 1. The quantitative estimate of drug-likeness (QED) is 0.391. The van der Waals surface area contributed by atoms with Gasteiger partial charge in [-0.1, -0.05) is 68.8 Å². The summed E-state index contributed by atoms with van der Waals surface area (Å²) in [7, 11) is -3.99. The van der Waals surface area contributed by atoms with Gasteiger partial charge in [0.1, 0.15) is 18.9 Å². The van der Waals surface area contributed by atoms with Gasteiger partial charge in [0.25, 0.3) is 10.0 Å². The van der Waals surface area contributed by atoms with Crippen LogP contribution in [0.2, 0.25) is 5.02 Å². The molecule has 0 saturated carbocycles. The van der Waals surface area contributed by atoms with Crippen LogP contribution in [0.4, 0.5) is 5.69 Å². The summed E-state index contributed by atoms with van der Waals surface area (Å²) in [6.45, 7) is 8.34. The van der Waals surface area contributed by atoms with Crippen molar-refractivity contribution >= 4 is 33.2 Å².